The third-order valence-electron chi connectivity index (χ3n) is 3.80. The molecule has 2 rings (SSSR count). The molecule has 5 heteroatoms. The lowest BCUT2D eigenvalue weighted by atomic mass is 10.0. The average Bonchev–Trinajstić information content (AvgIpc) is 2.37. The second-order valence-corrected chi connectivity index (χ2v) is 7.02. The van der Waals surface area contributed by atoms with Crippen molar-refractivity contribution in [1.29, 1.82) is 0 Å². The van der Waals surface area contributed by atoms with Gasteiger partial charge in [0.05, 0.1) is 10.7 Å². The Kier molecular flexibility index (Phi) is 4.57. The van der Waals surface area contributed by atoms with Crippen LogP contribution in [0.25, 0.3) is 0 Å². The van der Waals surface area contributed by atoms with Crippen LogP contribution in [0.1, 0.15) is 26.3 Å². The number of halogens is 1. The third-order valence-corrected chi connectivity index (χ3v) is 4.34. The van der Waals surface area contributed by atoms with Gasteiger partial charge in [-0.25, -0.2) is 0 Å². The van der Waals surface area contributed by atoms with Crippen LogP contribution in [-0.2, 0) is 0 Å². The lowest BCUT2D eigenvalue weighted by Crippen LogP contribution is -2.53. The maximum Gasteiger partial charge on any atom is 0.104 e. The average molecular weight is 312 g/mol. The molecule has 3 nitrogen and oxygen atoms in total. The van der Waals surface area contributed by atoms with Crippen molar-refractivity contribution in [3.63, 3.8) is 0 Å². The highest BCUT2D eigenvalue weighted by Gasteiger charge is 2.26. The van der Waals surface area contributed by atoms with Crippen LogP contribution in [0.5, 0.6) is 0 Å². The third kappa shape index (κ3) is 3.43. The summed E-state index contributed by atoms with van der Waals surface area (Å²) in [5.74, 6) is 0. The van der Waals surface area contributed by atoms with Gasteiger partial charge in [-0.1, -0.05) is 23.8 Å². The van der Waals surface area contributed by atoms with Crippen molar-refractivity contribution in [1.82, 2.24) is 4.90 Å². The number of rotatable bonds is 2. The molecule has 0 aromatic heterocycles. The number of hydrogen-bond donors (Lipinski definition) is 1. The molecule has 1 fully saturated rings. The van der Waals surface area contributed by atoms with Gasteiger partial charge in [-0.3, -0.25) is 4.90 Å². The highest BCUT2D eigenvalue weighted by atomic mass is 35.5. The molecule has 0 amide bonds. The van der Waals surface area contributed by atoms with Gasteiger partial charge in [0.25, 0.3) is 0 Å². The van der Waals surface area contributed by atoms with E-state index in [2.05, 4.69) is 30.6 Å². The fraction of sp³-hybridized carbons (Fsp3) is 0.533. The predicted molar refractivity (Wildman–Crippen MR) is 90.9 cm³/mol. The minimum absolute atomic E-state index is 0.228. The van der Waals surface area contributed by atoms with Crippen molar-refractivity contribution in [2.75, 3.05) is 31.1 Å². The Balaban J connectivity index is 2.09. The van der Waals surface area contributed by atoms with Crippen LogP contribution < -0.4 is 10.6 Å². The molecular formula is C15H22ClN3S. The first-order chi connectivity index (χ1) is 9.29. The van der Waals surface area contributed by atoms with Gasteiger partial charge in [0, 0.05) is 37.3 Å². The molecule has 110 valence electrons. The Morgan fingerprint density at radius 2 is 1.80 bits per heavy atom. The quantitative estimate of drug-likeness (QED) is 0.851. The number of thiocarbonyl (C=S) groups is 1. The Morgan fingerprint density at radius 3 is 2.25 bits per heavy atom. The first-order valence-electron chi connectivity index (χ1n) is 6.88. The van der Waals surface area contributed by atoms with Crippen LogP contribution in [0.15, 0.2) is 18.2 Å². The molecule has 1 aromatic rings. The van der Waals surface area contributed by atoms with E-state index in [9.17, 15) is 0 Å². The van der Waals surface area contributed by atoms with Crippen LogP contribution in [0.3, 0.4) is 0 Å². The summed E-state index contributed by atoms with van der Waals surface area (Å²) in [6.07, 6.45) is 0. The summed E-state index contributed by atoms with van der Waals surface area (Å²) in [6, 6.07) is 5.82. The molecule has 0 saturated carbocycles. The molecule has 0 atom stereocenters. The number of benzene rings is 1. The zero-order chi connectivity index (χ0) is 14.9. The summed E-state index contributed by atoms with van der Waals surface area (Å²) >= 11 is 11.3. The summed E-state index contributed by atoms with van der Waals surface area (Å²) < 4.78 is 0. The maximum atomic E-state index is 6.36. The Hall–Kier alpha value is -0.840. The van der Waals surface area contributed by atoms with Crippen LogP contribution in [-0.4, -0.2) is 41.6 Å². The molecule has 1 heterocycles. The summed E-state index contributed by atoms with van der Waals surface area (Å²) in [4.78, 5) is 5.21. The molecule has 1 aliphatic heterocycles. The van der Waals surface area contributed by atoms with Gasteiger partial charge in [-0.2, -0.15) is 0 Å². The van der Waals surface area contributed by atoms with E-state index in [1.165, 1.54) is 0 Å². The normalized spacial score (nSPS) is 17.3. The molecular weight excluding hydrogens is 290 g/mol. The van der Waals surface area contributed by atoms with Gasteiger partial charge in [0.15, 0.2) is 0 Å². The van der Waals surface area contributed by atoms with Crippen molar-refractivity contribution in [3.05, 3.63) is 28.8 Å². The SMILES string of the molecule is CC(C)(C)N1CCN(c2ccc(C(N)=S)cc2Cl)CC1. The summed E-state index contributed by atoms with van der Waals surface area (Å²) in [5, 5.41) is 0.722. The first kappa shape index (κ1) is 15.5. The van der Waals surface area contributed by atoms with Gasteiger partial charge in [-0.05, 0) is 39.0 Å². The number of piperazine rings is 1. The lowest BCUT2D eigenvalue weighted by molar-refractivity contribution is 0.128. The zero-order valence-corrected chi connectivity index (χ0v) is 13.9. The van der Waals surface area contributed by atoms with Gasteiger partial charge in [0.2, 0.25) is 0 Å². The van der Waals surface area contributed by atoms with Crippen molar-refractivity contribution in [2.45, 2.75) is 26.3 Å². The fourth-order valence-electron chi connectivity index (χ4n) is 2.53. The Labute approximate surface area is 131 Å². The van der Waals surface area contributed by atoms with E-state index >= 15 is 0 Å². The number of nitrogens with two attached hydrogens (primary N) is 1. The highest BCUT2D eigenvalue weighted by molar-refractivity contribution is 7.80. The Morgan fingerprint density at radius 1 is 1.20 bits per heavy atom. The van der Waals surface area contributed by atoms with Gasteiger partial charge >= 0.3 is 0 Å². The van der Waals surface area contributed by atoms with Crippen LogP contribution >= 0.6 is 23.8 Å². The molecule has 0 unspecified atom stereocenters. The minimum atomic E-state index is 0.228. The van der Waals surface area contributed by atoms with Gasteiger partial charge in [-0.15, -0.1) is 0 Å². The second kappa shape index (κ2) is 5.88. The molecule has 20 heavy (non-hydrogen) atoms. The monoisotopic (exact) mass is 311 g/mol. The molecule has 0 radical (unpaired) electrons. The molecule has 1 aromatic carbocycles. The summed E-state index contributed by atoms with van der Waals surface area (Å²) in [7, 11) is 0. The van der Waals surface area contributed by atoms with Gasteiger partial charge in [0.1, 0.15) is 4.99 Å². The van der Waals surface area contributed by atoms with Crippen LogP contribution in [0, 0.1) is 0 Å². The summed E-state index contributed by atoms with van der Waals surface area (Å²) in [6.45, 7) is 10.9. The van der Waals surface area contributed by atoms with Crippen molar-refractivity contribution in [2.24, 2.45) is 5.73 Å². The van der Waals surface area contributed by atoms with Crippen LogP contribution in [0.2, 0.25) is 5.02 Å². The number of anilines is 1. The van der Waals surface area contributed by atoms with E-state index in [-0.39, 0.29) is 5.54 Å². The van der Waals surface area contributed by atoms with Crippen molar-refractivity contribution >= 4 is 34.5 Å². The van der Waals surface area contributed by atoms with E-state index in [0.717, 1.165) is 42.5 Å². The Bertz CT molecular complexity index is 502. The lowest BCUT2D eigenvalue weighted by Gasteiger charge is -2.43. The largest absolute Gasteiger partial charge is 0.389 e. The number of nitrogens with zero attached hydrogens (tertiary/aromatic N) is 2. The molecule has 1 saturated heterocycles. The molecule has 0 spiro atoms. The van der Waals surface area contributed by atoms with Crippen molar-refractivity contribution < 1.29 is 0 Å². The van der Waals surface area contributed by atoms with Gasteiger partial charge < -0.3 is 10.6 Å². The van der Waals surface area contributed by atoms with E-state index in [0.29, 0.717) is 4.99 Å². The molecule has 1 aliphatic rings. The first-order valence-corrected chi connectivity index (χ1v) is 7.67. The van der Waals surface area contributed by atoms with Crippen molar-refractivity contribution in [3.8, 4) is 0 Å². The van der Waals surface area contributed by atoms with E-state index in [1.54, 1.807) is 0 Å². The van der Waals surface area contributed by atoms with E-state index in [1.807, 2.05) is 18.2 Å². The van der Waals surface area contributed by atoms with E-state index < -0.39 is 0 Å². The standard InChI is InChI=1S/C15H22ClN3S/c1-15(2,3)19-8-6-18(7-9-19)13-5-4-11(14(17)20)10-12(13)16/h4-5,10H,6-9H2,1-3H3,(H2,17,20). The van der Waals surface area contributed by atoms with Crippen LogP contribution in [0.4, 0.5) is 5.69 Å². The predicted octanol–water partition coefficient (Wildman–Crippen LogP) is 2.89. The fourth-order valence-corrected chi connectivity index (χ4v) is 2.96. The van der Waals surface area contributed by atoms with E-state index in [4.69, 9.17) is 29.6 Å². The second-order valence-electron chi connectivity index (χ2n) is 6.18. The molecule has 2 N–H and O–H groups in total. The smallest absolute Gasteiger partial charge is 0.104 e. The molecule has 0 aliphatic carbocycles. The zero-order valence-electron chi connectivity index (χ0n) is 12.3. The summed E-state index contributed by atoms with van der Waals surface area (Å²) in [5.41, 5.74) is 7.75. The molecule has 0 bridgehead atoms. The topological polar surface area (TPSA) is 32.5 Å². The number of hydrogen-bond acceptors (Lipinski definition) is 3. The highest BCUT2D eigenvalue weighted by Crippen LogP contribution is 2.28. The maximum absolute atomic E-state index is 6.36. The minimum Gasteiger partial charge on any atom is -0.389 e.